The molecule has 2 fully saturated rings. The fourth-order valence-electron chi connectivity index (χ4n) is 2.93. The first-order chi connectivity index (χ1) is 9.71. The summed E-state index contributed by atoms with van der Waals surface area (Å²) in [5.74, 6) is 0.196. The first-order valence-electron chi connectivity index (χ1n) is 7.32. The van der Waals surface area contributed by atoms with Gasteiger partial charge in [0.2, 0.25) is 5.91 Å². The number of amides is 1. The van der Waals surface area contributed by atoms with E-state index in [2.05, 4.69) is 39.4 Å². The Hall–Kier alpha value is -0.870. The van der Waals surface area contributed by atoms with Crippen molar-refractivity contribution in [2.75, 3.05) is 19.8 Å². The van der Waals surface area contributed by atoms with Crippen molar-refractivity contribution < 1.29 is 9.53 Å². The number of ether oxygens (including phenoxy) is 1. The first-order valence-corrected chi connectivity index (χ1v) is 8.11. The molecular weight excluding hydrogens is 318 g/mol. The number of carbonyl (C=O) groups is 1. The number of carbonyl (C=O) groups excluding carboxylic acids is 1. The summed E-state index contributed by atoms with van der Waals surface area (Å²) in [7, 11) is 0. The molecule has 1 heterocycles. The molecule has 1 saturated heterocycles. The summed E-state index contributed by atoms with van der Waals surface area (Å²) in [6.07, 6.45) is 4.25. The lowest BCUT2D eigenvalue weighted by Gasteiger charge is -2.23. The van der Waals surface area contributed by atoms with Crippen LogP contribution in [0.25, 0.3) is 0 Å². The van der Waals surface area contributed by atoms with Crippen LogP contribution in [0.15, 0.2) is 28.7 Å². The first kappa shape index (κ1) is 14.1. The zero-order valence-corrected chi connectivity index (χ0v) is 13.1. The molecule has 1 unspecified atom stereocenters. The van der Waals surface area contributed by atoms with Crippen molar-refractivity contribution in [2.45, 2.75) is 31.1 Å². The molecule has 3 rings (SSSR count). The van der Waals surface area contributed by atoms with Crippen LogP contribution in [0.2, 0.25) is 0 Å². The quantitative estimate of drug-likeness (QED) is 0.917. The molecule has 1 saturated carbocycles. The molecule has 0 bridgehead atoms. The second-order valence-corrected chi connectivity index (χ2v) is 6.75. The summed E-state index contributed by atoms with van der Waals surface area (Å²) in [5, 5.41) is 3.14. The van der Waals surface area contributed by atoms with Gasteiger partial charge in [-0.05, 0) is 37.3 Å². The Labute approximate surface area is 128 Å². The van der Waals surface area contributed by atoms with Crippen LogP contribution in [0.4, 0.5) is 0 Å². The Morgan fingerprint density at radius 3 is 2.85 bits per heavy atom. The van der Waals surface area contributed by atoms with Crippen LogP contribution >= 0.6 is 15.9 Å². The van der Waals surface area contributed by atoms with Gasteiger partial charge in [-0.25, -0.2) is 0 Å². The largest absolute Gasteiger partial charge is 0.381 e. The van der Waals surface area contributed by atoms with Crippen LogP contribution < -0.4 is 5.32 Å². The predicted octanol–water partition coefficient (Wildman–Crippen LogP) is 3.02. The van der Waals surface area contributed by atoms with Gasteiger partial charge in [0.1, 0.15) is 0 Å². The van der Waals surface area contributed by atoms with Gasteiger partial charge in [0.25, 0.3) is 0 Å². The fourth-order valence-corrected chi connectivity index (χ4v) is 3.64. The van der Waals surface area contributed by atoms with Crippen LogP contribution in [0.1, 0.15) is 31.2 Å². The lowest BCUT2D eigenvalue weighted by molar-refractivity contribution is -0.129. The maximum absolute atomic E-state index is 12.2. The van der Waals surface area contributed by atoms with E-state index in [-0.39, 0.29) is 17.2 Å². The van der Waals surface area contributed by atoms with Crippen molar-refractivity contribution in [1.82, 2.24) is 5.32 Å². The maximum Gasteiger partial charge on any atom is 0.225 e. The molecule has 1 atom stereocenters. The van der Waals surface area contributed by atoms with Gasteiger partial charge in [0.15, 0.2) is 0 Å². The maximum atomic E-state index is 12.2. The minimum Gasteiger partial charge on any atom is -0.381 e. The van der Waals surface area contributed by atoms with Crippen LogP contribution in [-0.2, 0) is 14.9 Å². The average Bonchev–Trinajstić information content (AvgIpc) is 3.27. The Balaban J connectivity index is 1.60. The third-order valence-corrected chi connectivity index (χ3v) is 5.12. The van der Waals surface area contributed by atoms with Gasteiger partial charge >= 0.3 is 0 Å². The van der Waals surface area contributed by atoms with E-state index < -0.39 is 0 Å². The summed E-state index contributed by atoms with van der Waals surface area (Å²) in [5.41, 5.74) is 1.46. The fraction of sp³-hybridized carbons (Fsp3) is 0.562. The summed E-state index contributed by atoms with van der Waals surface area (Å²) < 4.78 is 6.53. The minimum absolute atomic E-state index is 0.0405. The zero-order chi connectivity index (χ0) is 14.0. The van der Waals surface area contributed by atoms with Gasteiger partial charge in [0, 0.05) is 23.0 Å². The molecule has 1 aliphatic carbocycles. The molecule has 2 aliphatic rings. The average molecular weight is 338 g/mol. The highest BCUT2D eigenvalue weighted by Gasteiger charge is 2.45. The Morgan fingerprint density at radius 1 is 1.40 bits per heavy atom. The second-order valence-electron chi connectivity index (χ2n) is 5.89. The second kappa shape index (κ2) is 5.86. The summed E-state index contributed by atoms with van der Waals surface area (Å²) >= 11 is 3.62. The van der Waals surface area contributed by atoms with E-state index in [9.17, 15) is 4.79 Å². The molecule has 20 heavy (non-hydrogen) atoms. The van der Waals surface area contributed by atoms with E-state index in [1.165, 1.54) is 5.56 Å². The Kier molecular flexibility index (Phi) is 4.13. The van der Waals surface area contributed by atoms with E-state index in [4.69, 9.17) is 4.74 Å². The molecule has 0 spiro atoms. The topological polar surface area (TPSA) is 38.3 Å². The van der Waals surface area contributed by atoms with Crippen LogP contribution in [0.5, 0.6) is 0 Å². The van der Waals surface area contributed by atoms with E-state index in [0.717, 1.165) is 43.3 Å². The number of halogens is 1. The number of hydrogen-bond acceptors (Lipinski definition) is 2. The van der Waals surface area contributed by atoms with Crippen LogP contribution in [0.3, 0.4) is 0 Å². The van der Waals surface area contributed by atoms with E-state index in [0.29, 0.717) is 6.61 Å². The van der Waals surface area contributed by atoms with Gasteiger partial charge in [-0.1, -0.05) is 34.1 Å². The molecule has 1 aromatic rings. The van der Waals surface area contributed by atoms with E-state index in [1.807, 2.05) is 6.07 Å². The third-order valence-electron chi connectivity index (χ3n) is 4.43. The van der Waals surface area contributed by atoms with Gasteiger partial charge in [-0.3, -0.25) is 4.79 Å². The highest BCUT2D eigenvalue weighted by Crippen LogP contribution is 2.49. The van der Waals surface area contributed by atoms with Gasteiger partial charge < -0.3 is 10.1 Å². The molecular formula is C16H20BrNO2. The summed E-state index contributed by atoms with van der Waals surface area (Å²) in [4.78, 5) is 12.2. The molecule has 1 N–H and O–H groups in total. The molecule has 1 aliphatic heterocycles. The normalized spacial score (nSPS) is 24.1. The standard InChI is InChI=1S/C16H20BrNO2/c17-14-6-2-1-5-13(14)16(7-8-16)11-18-15(19)12-4-3-9-20-10-12/h1-2,5-6,12H,3-4,7-11H2,(H,18,19). The summed E-state index contributed by atoms with van der Waals surface area (Å²) in [6.45, 7) is 2.11. The van der Waals surface area contributed by atoms with E-state index in [1.54, 1.807) is 0 Å². The zero-order valence-electron chi connectivity index (χ0n) is 11.5. The van der Waals surface area contributed by atoms with Gasteiger partial charge in [0.05, 0.1) is 12.5 Å². The van der Waals surface area contributed by atoms with Crippen molar-refractivity contribution in [3.05, 3.63) is 34.3 Å². The summed E-state index contributed by atoms with van der Waals surface area (Å²) in [6, 6.07) is 8.33. The van der Waals surface area contributed by atoms with Gasteiger partial charge in [-0.15, -0.1) is 0 Å². The number of hydrogen-bond donors (Lipinski definition) is 1. The molecule has 1 aromatic carbocycles. The van der Waals surface area contributed by atoms with Crippen molar-refractivity contribution in [3.63, 3.8) is 0 Å². The highest BCUT2D eigenvalue weighted by molar-refractivity contribution is 9.10. The smallest absolute Gasteiger partial charge is 0.225 e. The molecule has 0 radical (unpaired) electrons. The number of nitrogens with one attached hydrogen (secondary N) is 1. The number of benzene rings is 1. The van der Waals surface area contributed by atoms with Crippen molar-refractivity contribution in [2.24, 2.45) is 5.92 Å². The minimum atomic E-state index is 0.0405. The Morgan fingerprint density at radius 2 is 2.20 bits per heavy atom. The molecule has 0 aromatic heterocycles. The SMILES string of the molecule is O=C(NCC1(c2ccccc2Br)CC1)C1CCCOC1. The predicted molar refractivity (Wildman–Crippen MR) is 81.6 cm³/mol. The lowest BCUT2D eigenvalue weighted by atomic mass is 9.95. The van der Waals surface area contributed by atoms with Crippen molar-refractivity contribution in [1.29, 1.82) is 0 Å². The van der Waals surface area contributed by atoms with Gasteiger partial charge in [-0.2, -0.15) is 0 Å². The Bertz CT molecular complexity index is 493. The van der Waals surface area contributed by atoms with E-state index >= 15 is 0 Å². The van der Waals surface area contributed by atoms with Crippen LogP contribution in [0, 0.1) is 5.92 Å². The monoisotopic (exact) mass is 337 g/mol. The molecule has 108 valence electrons. The molecule has 4 heteroatoms. The molecule has 3 nitrogen and oxygen atoms in total. The molecule has 1 amide bonds. The van der Waals surface area contributed by atoms with Crippen molar-refractivity contribution in [3.8, 4) is 0 Å². The van der Waals surface area contributed by atoms with Crippen molar-refractivity contribution >= 4 is 21.8 Å². The highest BCUT2D eigenvalue weighted by atomic mass is 79.9. The number of rotatable bonds is 4. The lowest BCUT2D eigenvalue weighted by Crippen LogP contribution is -2.39. The third kappa shape index (κ3) is 2.91. The van der Waals surface area contributed by atoms with Crippen LogP contribution in [-0.4, -0.2) is 25.7 Å².